The van der Waals surface area contributed by atoms with Gasteiger partial charge in [-0.1, -0.05) is 12.1 Å². The smallest absolute Gasteiger partial charge is 0.311 e. The maximum atomic E-state index is 11.7. The molecular weight excluding hydrogens is 290 g/mol. The minimum absolute atomic E-state index is 0.185. The molecule has 0 aliphatic heterocycles. The Morgan fingerprint density at radius 3 is 2.81 bits per heavy atom. The summed E-state index contributed by atoms with van der Waals surface area (Å²) in [6, 6.07) is 10.7. The molecule has 1 aromatic heterocycles. The van der Waals surface area contributed by atoms with Crippen LogP contribution in [0.2, 0.25) is 0 Å². The molecule has 0 aliphatic rings. The summed E-state index contributed by atoms with van der Waals surface area (Å²) < 4.78 is 9.99. The topological polar surface area (TPSA) is 64.6 Å². The van der Waals surface area contributed by atoms with Crippen molar-refractivity contribution < 1.29 is 19.1 Å². The number of hydrogen-bond acceptors (Lipinski definition) is 5. The minimum Gasteiger partial charge on any atom is -0.497 e. The number of nitrogens with one attached hydrogen (secondary N) is 1. The number of ether oxygens (including phenoxy) is 2. The average Bonchev–Trinajstić information content (AvgIpc) is 2.98. The number of amides is 1. The molecule has 1 N–H and O–H groups in total. The van der Waals surface area contributed by atoms with Crippen LogP contribution in [0, 0.1) is 0 Å². The van der Waals surface area contributed by atoms with Crippen LogP contribution in [0.15, 0.2) is 41.8 Å². The second kappa shape index (κ2) is 7.44. The van der Waals surface area contributed by atoms with Crippen molar-refractivity contribution >= 4 is 28.9 Å². The number of benzene rings is 1. The first-order valence-corrected chi connectivity index (χ1v) is 7.17. The third-order valence-corrected chi connectivity index (χ3v) is 3.49. The van der Waals surface area contributed by atoms with Crippen LogP contribution < -0.4 is 10.1 Å². The molecular formula is C15H15NO4S. The molecule has 0 saturated carbocycles. The van der Waals surface area contributed by atoms with E-state index in [4.69, 9.17) is 9.47 Å². The zero-order valence-electron chi connectivity index (χ0n) is 11.5. The molecule has 2 rings (SSSR count). The standard InChI is InChI=1S/C15H15NO4S/c1-19-12-5-2-4-11(8-12)16-14(17)10-20-15(18)9-13-6-3-7-21-13/h2-8H,9-10H2,1H3,(H,16,17). The summed E-state index contributed by atoms with van der Waals surface area (Å²) in [5, 5.41) is 4.52. The molecule has 0 bridgehead atoms. The second-order valence-corrected chi connectivity index (χ2v) is 5.23. The lowest BCUT2D eigenvalue weighted by molar-refractivity contribution is -0.146. The molecule has 6 heteroatoms. The monoisotopic (exact) mass is 305 g/mol. The third-order valence-electron chi connectivity index (χ3n) is 2.62. The molecule has 0 spiro atoms. The third kappa shape index (κ3) is 4.92. The second-order valence-electron chi connectivity index (χ2n) is 4.20. The molecule has 0 fully saturated rings. The molecule has 0 atom stereocenters. The van der Waals surface area contributed by atoms with Crippen LogP contribution in [0.4, 0.5) is 5.69 Å². The number of methoxy groups -OCH3 is 1. The van der Waals surface area contributed by atoms with Gasteiger partial charge in [-0.3, -0.25) is 9.59 Å². The van der Waals surface area contributed by atoms with Crippen LogP contribution in [0.3, 0.4) is 0 Å². The van der Waals surface area contributed by atoms with Gasteiger partial charge in [0.15, 0.2) is 6.61 Å². The Kier molecular flexibility index (Phi) is 5.34. The first-order valence-electron chi connectivity index (χ1n) is 6.29. The van der Waals surface area contributed by atoms with Gasteiger partial charge in [-0.05, 0) is 23.6 Å². The zero-order valence-corrected chi connectivity index (χ0v) is 12.3. The SMILES string of the molecule is COc1cccc(NC(=O)COC(=O)Cc2cccs2)c1. The van der Waals surface area contributed by atoms with E-state index in [0.29, 0.717) is 11.4 Å². The van der Waals surface area contributed by atoms with Crippen molar-refractivity contribution in [2.24, 2.45) is 0 Å². The molecule has 110 valence electrons. The van der Waals surface area contributed by atoms with Crippen LogP contribution >= 0.6 is 11.3 Å². The Bertz CT molecular complexity index is 610. The highest BCUT2D eigenvalue weighted by atomic mass is 32.1. The fourth-order valence-corrected chi connectivity index (χ4v) is 2.34. The van der Waals surface area contributed by atoms with Gasteiger partial charge >= 0.3 is 5.97 Å². The van der Waals surface area contributed by atoms with Crippen LogP contribution in [-0.4, -0.2) is 25.6 Å². The molecule has 0 unspecified atom stereocenters. The van der Waals surface area contributed by atoms with Gasteiger partial charge < -0.3 is 14.8 Å². The summed E-state index contributed by atoms with van der Waals surface area (Å²) in [6.07, 6.45) is 0.185. The molecule has 0 radical (unpaired) electrons. The van der Waals surface area contributed by atoms with Gasteiger partial charge in [-0.25, -0.2) is 0 Å². The van der Waals surface area contributed by atoms with Gasteiger partial charge in [-0.15, -0.1) is 11.3 Å². The van der Waals surface area contributed by atoms with E-state index in [0.717, 1.165) is 4.88 Å². The van der Waals surface area contributed by atoms with E-state index in [1.54, 1.807) is 31.4 Å². The van der Waals surface area contributed by atoms with Gasteiger partial charge in [0, 0.05) is 16.6 Å². The molecule has 1 amide bonds. The summed E-state index contributed by atoms with van der Waals surface area (Å²) in [5.41, 5.74) is 0.591. The van der Waals surface area contributed by atoms with Crippen LogP contribution in [0.1, 0.15) is 4.88 Å². The van der Waals surface area contributed by atoms with Crippen molar-refractivity contribution in [2.45, 2.75) is 6.42 Å². The van der Waals surface area contributed by atoms with Crippen molar-refractivity contribution in [3.8, 4) is 5.75 Å². The quantitative estimate of drug-likeness (QED) is 0.833. The molecule has 5 nitrogen and oxygen atoms in total. The number of thiophene rings is 1. The van der Waals surface area contributed by atoms with Crippen molar-refractivity contribution in [1.29, 1.82) is 0 Å². The highest BCUT2D eigenvalue weighted by Crippen LogP contribution is 2.16. The first-order chi connectivity index (χ1) is 10.2. The molecule has 21 heavy (non-hydrogen) atoms. The number of rotatable bonds is 6. The van der Waals surface area contributed by atoms with E-state index < -0.39 is 5.97 Å². The number of anilines is 1. The largest absolute Gasteiger partial charge is 0.497 e. The number of esters is 1. The summed E-state index contributed by atoms with van der Waals surface area (Å²) in [4.78, 5) is 24.2. The lowest BCUT2D eigenvalue weighted by Crippen LogP contribution is -2.21. The summed E-state index contributed by atoms with van der Waals surface area (Å²) in [5.74, 6) is -0.163. The maximum absolute atomic E-state index is 11.7. The Morgan fingerprint density at radius 2 is 2.10 bits per heavy atom. The number of carbonyl (C=O) groups excluding carboxylic acids is 2. The van der Waals surface area contributed by atoms with Crippen molar-refractivity contribution in [1.82, 2.24) is 0 Å². The zero-order chi connectivity index (χ0) is 15.1. The van der Waals surface area contributed by atoms with Crippen molar-refractivity contribution in [3.05, 3.63) is 46.7 Å². The Balaban J connectivity index is 1.77. The normalized spacial score (nSPS) is 9.95. The fraction of sp³-hybridized carbons (Fsp3) is 0.200. The Morgan fingerprint density at radius 1 is 1.24 bits per heavy atom. The molecule has 0 saturated heterocycles. The van der Waals surface area contributed by atoms with E-state index in [9.17, 15) is 9.59 Å². The van der Waals surface area contributed by atoms with Gasteiger partial charge in [-0.2, -0.15) is 0 Å². The first kappa shape index (κ1) is 15.1. The van der Waals surface area contributed by atoms with E-state index in [1.807, 2.05) is 17.5 Å². The van der Waals surface area contributed by atoms with Crippen molar-refractivity contribution in [3.63, 3.8) is 0 Å². The van der Waals surface area contributed by atoms with Crippen LogP contribution in [0.5, 0.6) is 5.75 Å². The lowest BCUT2D eigenvalue weighted by atomic mass is 10.3. The average molecular weight is 305 g/mol. The van der Waals surface area contributed by atoms with Gasteiger partial charge in [0.2, 0.25) is 0 Å². The van der Waals surface area contributed by atoms with E-state index >= 15 is 0 Å². The van der Waals surface area contributed by atoms with Crippen molar-refractivity contribution in [2.75, 3.05) is 19.0 Å². The minimum atomic E-state index is -0.418. The van der Waals surface area contributed by atoms with Crippen LogP contribution in [-0.2, 0) is 20.7 Å². The predicted octanol–water partition coefficient (Wildman–Crippen LogP) is 2.48. The lowest BCUT2D eigenvalue weighted by Gasteiger charge is -2.07. The molecule has 1 aromatic carbocycles. The van der Waals surface area contributed by atoms with Gasteiger partial charge in [0.1, 0.15) is 5.75 Å². The number of hydrogen-bond donors (Lipinski definition) is 1. The highest BCUT2D eigenvalue weighted by molar-refractivity contribution is 7.10. The summed E-state index contributed by atoms with van der Waals surface area (Å²) in [7, 11) is 1.55. The van der Waals surface area contributed by atoms with Gasteiger partial charge in [0.05, 0.1) is 13.5 Å². The molecule has 2 aromatic rings. The Labute approximate surface area is 126 Å². The van der Waals surface area contributed by atoms with Crippen LogP contribution in [0.25, 0.3) is 0 Å². The highest BCUT2D eigenvalue weighted by Gasteiger charge is 2.09. The Hall–Kier alpha value is -2.34. The van der Waals surface area contributed by atoms with Gasteiger partial charge in [0.25, 0.3) is 5.91 Å². The van der Waals surface area contributed by atoms with E-state index in [1.165, 1.54) is 11.3 Å². The predicted molar refractivity (Wildman–Crippen MR) is 80.6 cm³/mol. The molecule has 1 heterocycles. The summed E-state index contributed by atoms with van der Waals surface area (Å²) >= 11 is 1.48. The molecule has 0 aliphatic carbocycles. The maximum Gasteiger partial charge on any atom is 0.311 e. The van der Waals surface area contributed by atoms with E-state index in [-0.39, 0.29) is 18.9 Å². The fourth-order valence-electron chi connectivity index (χ4n) is 1.65. The van der Waals surface area contributed by atoms with E-state index in [2.05, 4.69) is 5.32 Å². The number of carbonyl (C=O) groups is 2. The summed E-state index contributed by atoms with van der Waals surface area (Å²) in [6.45, 7) is -0.304.